The Morgan fingerprint density at radius 2 is 1.69 bits per heavy atom. The van der Waals surface area contributed by atoms with Gasteiger partial charge in [-0.05, 0) is 60.7 Å². The van der Waals surface area contributed by atoms with Crippen molar-refractivity contribution in [1.82, 2.24) is 0 Å². The summed E-state index contributed by atoms with van der Waals surface area (Å²) >= 11 is 3.29. The van der Waals surface area contributed by atoms with Crippen molar-refractivity contribution in [2.45, 2.75) is 4.90 Å². The van der Waals surface area contributed by atoms with Crippen LogP contribution in [0.1, 0.15) is 10.4 Å². The zero-order valence-corrected chi connectivity index (χ0v) is 17.6. The van der Waals surface area contributed by atoms with Crippen molar-refractivity contribution < 1.29 is 22.3 Å². The highest BCUT2D eigenvalue weighted by atomic mass is 79.9. The van der Waals surface area contributed by atoms with Gasteiger partial charge in [-0.1, -0.05) is 22.0 Å². The van der Waals surface area contributed by atoms with Gasteiger partial charge in [0, 0.05) is 21.4 Å². The molecule has 3 rings (SSSR count). The van der Waals surface area contributed by atoms with Crippen LogP contribution in [0.2, 0.25) is 0 Å². The molecule has 0 saturated heterocycles. The maximum absolute atomic E-state index is 13.3. The number of methoxy groups -OCH3 is 1. The third-order valence-electron chi connectivity index (χ3n) is 3.89. The van der Waals surface area contributed by atoms with Gasteiger partial charge in [-0.2, -0.15) is 0 Å². The number of anilines is 2. The lowest BCUT2D eigenvalue weighted by molar-refractivity contribution is 0.102. The van der Waals surface area contributed by atoms with Gasteiger partial charge in [0.05, 0.1) is 7.11 Å². The number of hydrogen-bond acceptors (Lipinski definition) is 4. The Morgan fingerprint density at radius 3 is 2.34 bits per heavy atom. The molecule has 0 aliphatic carbocycles. The number of sulfonamides is 1. The van der Waals surface area contributed by atoms with Crippen LogP contribution in [-0.4, -0.2) is 21.4 Å². The number of nitrogens with one attached hydrogen (secondary N) is 2. The van der Waals surface area contributed by atoms with Gasteiger partial charge in [-0.15, -0.1) is 0 Å². The minimum absolute atomic E-state index is 0.109. The van der Waals surface area contributed by atoms with Crippen molar-refractivity contribution in [3.63, 3.8) is 0 Å². The second kappa shape index (κ2) is 8.62. The van der Waals surface area contributed by atoms with E-state index in [9.17, 15) is 17.6 Å². The average Bonchev–Trinajstić information content (AvgIpc) is 2.69. The summed E-state index contributed by atoms with van der Waals surface area (Å²) in [6.07, 6.45) is 0. The minimum Gasteiger partial charge on any atom is -0.495 e. The summed E-state index contributed by atoms with van der Waals surface area (Å²) in [5.41, 5.74) is 0.693. The molecule has 0 heterocycles. The van der Waals surface area contributed by atoms with Crippen molar-refractivity contribution in [2.24, 2.45) is 0 Å². The first-order chi connectivity index (χ1) is 13.8. The molecule has 150 valence electrons. The summed E-state index contributed by atoms with van der Waals surface area (Å²) in [6, 6.07) is 16.0. The Balaban J connectivity index is 1.90. The molecular formula is C20H16BrFN2O4S. The van der Waals surface area contributed by atoms with Crippen LogP contribution in [0.25, 0.3) is 0 Å². The van der Waals surface area contributed by atoms with Gasteiger partial charge in [0.2, 0.25) is 0 Å². The van der Waals surface area contributed by atoms with Gasteiger partial charge in [0.1, 0.15) is 16.5 Å². The second-order valence-electron chi connectivity index (χ2n) is 5.94. The summed E-state index contributed by atoms with van der Waals surface area (Å²) in [5.74, 6) is -1.01. The number of rotatable bonds is 6. The lowest BCUT2D eigenvalue weighted by Gasteiger charge is -2.14. The molecule has 9 heteroatoms. The molecule has 29 heavy (non-hydrogen) atoms. The lowest BCUT2D eigenvalue weighted by atomic mass is 10.2. The van der Waals surface area contributed by atoms with E-state index in [2.05, 4.69) is 26.0 Å². The highest BCUT2D eigenvalue weighted by molar-refractivity contribution is 9.10. The molecule has 0 unspecified atom stereocenters. The van der Waals surface area contributed by atoms with E-state index in [1.165, 1.54) is 43.5 Å². The highest BCUT2D eigenvalue weighted by Crippen LogP contribution is 2.29. The molecule has 6 nitrogen and oxygen atoms in total. The van der Waals surface area contributed by atoms with Crippen LogP contribution in [0.3, 0.4) is 0 Å². The van der Waals surface area contributed by atoms with Crippen LogP contribution >= 0.6 is 15.9 Å². The summed E-state index contributed by atoms with van der Waals surface area (Å²) in [7, 11) is -2.65. The first kappa shape index (κ1) is 20.8. The van der Waals surface area contributed by atoms with E-state index in [0.717, 1.165) is 10.5 Å². The van der Waals surface area contributed by atoms with Gasteiger partial charge >= 0.3 is 0 Å². The summed E-state index contributed by atoms with van der Waals surface area (Å²) in [5, 5.41) is 2.56. The van der Waals surface area contributed by atoms with Gasteiger partial charge in [0.15, 0.2) is 0 Å². The van der Waals surface area contributed by atoms with Crippen LogP contribution < -0.4 is 14.8 Å². The van der Waals surface area contributed by atoms with E-state index in [0.29, 0.717) is 5.69 Å². The molecule has 3 aromatic rings. The topological polar surface area (TPSA) is 84.5 Å². The van der Waals surface area contributed by atoms with Crippen molar-refractivity contribution in [3.8, 4) is 5.75 Å². The van der Waals surface area contributed by atoms with Crippen molar-refractivity contribution in [1.29, 1.82) is 0 Å². The smallest absolute Gasteiger partial charge is 0.265 e. The largest absolute Gasteiger partial charge is 0.495 e. The van der Waals surface area contributed by atoms with E-state index in [1.54, 1.807) is 24.3 Å². The minimum atomic E-state index is -4.00. The fraction of sp³-hybridized carbons (Fsp3) is 0.0500. The molecule has 0 bridgehead atoms. The van der Waals surface area contributed by atoms with E-state index < -0.39 is 21.7 Å². The van der Waals surface area contributed by atoms with Crippen LogP contribution in [-0.2, 0) is 10.0 Å². The number of carbonyl (C=O) groups is 1. The Bertz CT molecular complexity index is 1150. The number of ether oxygens (including phenoxy) is 1. The summed E-state index contributed by atoms with van der Waals surface area (Å²) in [6.45, 7) is 0. The fourth-order valence-electron chi connectivity index (χ4n) is 2.53. The van der Waals surface area contributed by atoms with Crippen LogP contribution in [0.5, 0.6) is 5.75 Å². The zero-order valence-electron chi connectivity index (χ0n) is 15.1. The molecule has 0 saturated carbocycles. The molecule has 3 aromatic carbocycles. The van der Waals surface area contributed by atoms with Crippen molar-refractivity contribution in [3.05, 3.63) is 82.6 Å². The third kappa shape index (κ3) is 5.12. The number of hydrogen-bond donors (Lipinski definition) is 2. The monoisotopic (exact) mass is 478 g/mol. The maximum atomic E-state index is 13.3. The Kier molecular flexibility index (Phi) is 6.19. The number of benzene rings is 3. The number of amides is 1. The lowest BCUT2D eigenvalue weighted by Crippen LogP contribution is -2.16. The normalized spacial score (nSPS) is 11.0. The van der Waals surface area contributed by atoms with E-state index >= 15 is 0 Å². The molecule has 2 N–H and O–H groups in total. The van der Waals surface area contributed by atoms with Crippen LogP contribution in [0.4, 0.5) is 15.8 Å². The molecule has 0 spiro atoms. The van der Waals surface area contributed by atoms with E-state index in [4.69, 9.17) is 4.74 Å². The van der Waals surface area contributed by atoms with Crippen molar-refractivity contribution >= 4 is 43.2 Å². The first-order valence-electron chi connectivity index (χ1n) is 8.32. The Hall–Kier alpha value is -2.91. The van der Waals surface area contributed by atoms with Crippen molar-refractivity contribution in [2.75, 3.05) is 17.1 Å². The van der Waals surface area contributed by atoms with E-state index in [1.807, 2.05) is 0 Å². The van der Waals surface area contributed by atoms with Crippen LogP contribution in [0, 0.1) is 5.82 Å². The molecule has 0 aliphatic heterocycles. The molecule has 1 amide bonds. The molecule has 0 atom stereocenters. The predicted octanol–water partition coefficient (Wildman–Crippen LogP) is 4.65. The predicted molar refractivity (Wildman–Crippen MR) is 112 cm³/mol. The molecule has 0 radical (unpaired) electrons. The molecule has 0 aliphatic rings. The molecular weight excluding hydrogens is 463 g/mol. The van der Waals surface area contributed by atoms with Gasteiger partial charge in [0.25, 0.3) is 15.9 Å². The van der Waals surface area contributed by atoms with E-state index in [-0.39, 0.29) is 21.9 Å². The summed E-state index contributed by atoms with van der Waals surface area (Å²) in [4.78, 5) is 12.2. The average molecular weight is 479 g/mol. The third-order valence-corrected chi connectivity index (χ3v) is 5.83. The Labute approximate surface area is 175 Å². The highest BCUT2D eigenvalue weighted by Gasteiger charge is 2.21. The second-order valence-corrected chi connectivity index (χ2v) is 8.51. The van der Waals surface area contributed by atoms with Gasteiger partial charge in [-0.3, -0.25) is 9.52 Å². The fourth-order valence-corrected chi connectivity index (χ4v) is 4.04. The van der Waals surface area contributed by atoms with Crippen LogP contribution in [0.15, 0.2) is 76.1 Å². The molecule has 0 fully saturated rings. The molecule has 0 aromatic heterocycles. The number of carbonyl (C=O) groups excluding carboxylic acids is 1. The zero-order chi connectivity index (χ0) is 21.0. The quantitative estimate of drug-likeness (QED) is 0.539. The first-order valence-corrected chi connectivity index (χ1v) is 10.6. The maximum Gasteiger partial charge on any atom is 0.265 e. The SMILES string of the molecule is COc1ccc(NC(=O)c2cccc(F)c2)cc1S(=O)(=O)Nc1ccc(Br)cc1. The van der Waals surface area contributed by atoms with Gasteiger partial charge < -0.3 is 10.1 Å². The summed E-state index contributed by atoms with van der Waals surface area (Å²) < 4.78 is 47.5. The van der Waals surface area contributed by atoms with Gasteiger partial charge in [-0.25, -0.2) is 12.8 Å². The number of halogens is 2. The standard InChI is InChI=1S/C20H16BrFN2O4S/c1-28-18-10-9-17(23-20(25)13-3-2-4-15(22)11-13)12-19(18)29(26,27)24-16-7-5-14(21)6-8-16/h2-12,24H,1H3,(H,23,25). The Morgan fingerprint density at radius 1 is 1.00 bits per heavy atom.